The quantitative estimate of drug-likeness (QED) is 0.158. The van der Waals surface area contributed by atoms with E-state index in [-0.39, 0.29) is 5.92 Å². The van der Waals surface area contributed by atoms with Crippen molar-refractivity contribution in [2.24, 2.45) is 17.4 Å². The molecule has 11 heteroatoms. The lowest BCUT2D eigenvalue weighted by Gasteiger charge is -2.23. The molecule has 0 fully saturated rings. The molecule has 29 heavy (non-hydrogen) atoms. The number of carbonyl (C=O) groups excluding carboxylic acids is 3. The maximum atomic E-state index is 12.6. The Bertz CT molecular complexity index is 557. The number of carboxylic acids is 1. The zero-order valence-electron chi connectivity index (χ0n) is 17.3. The van der Waals surface area contributed by atoms with Gasteiger partial charge in [-0.05, 0) is 45.1 Å². The number of nitrogens with two attached hydrogens (primary N) is 2. The fourth-order valence-electron chi connectivity index (χ4n) is 2.52. The van der Waals surface area contributed by atoms with E-state index in [1.54, 1.807) is 0 Å². The van der Waals surface area contributed by atoms with Gasteiger partial charge in [0.05, 0.1) is 12.6 Å². The van der Waals surface area contributed by atoms with Crippen molar-refractivity contribution in [3.05, 3.63) is 0 Å². The number of amides is 3. The molecule has 0 heterocycles. The second-order valence-corrected chi connectivity index (χ2v) is 7.39. The third-order valence-electron chi connectivity index (χ3n) is 4.19. The number of rotatable bonds is 14. The van der Waals surface area contributed by atoms with Crippen molar-refractivity contribution < 1.29 is 29.4 Å². The van der Waals surface area contributed by atoms with Gasteiger partial charge in [-0.15, -0.1) is 0 Å². The van der Waals surface area contributed by atoms with Crippen LogP contribution in [0.3, 0.4) is 0 Å². The summed E-state index contributed by atoms with van der Waals surface area (Å²) in [4.78, 5) is 47.8. The molecular formula is C18H35N5O6. The smallest absolute Gasteiger partial charge is 0.328 e. The summed E-state index contributed by atoms with van der Waals surface area (Å²) in [5.41, 5.74) is 11.3. The number of aliphatic carboxylic acids is 1. The van der Waals surface area contributed by atoms with Crippen LogP contribution in [0.15, 0.2) is 0 Å². The Morgan fingerprint density at radius 2 is 1.48 bits per heavy atom. The van der Waals surface area contributed by atoms with Gasteiger partial charge in [-0.25, -0.2) is 4.79 Å². The molecule has 0 rings (SSSR count). The highest BCUT2D eigenvalue weighted by atomic mass is 16.4. The van der Waals surface area contributed by atoms with Crippen molar-refractivity contribution >= 4 is 23.7 Å². The molecule has 0 saturated heterocycles. The topological polar surface area (TPSA) is 197 Å². The first kappa shape index (κ1) is 26.8. The summed E-state index contributed by atoms with van der Waals surface area (Å²) in [6.45, 7) is 4.87. The van der Waals surface area contributed by atoms with Crippen LogP contribution in [0.25, 0.3) is 0 Å². The number of aliphatic hydroxyl groups excluding tert-OH is 1. The van der Waals surface area contributed by atoms with Crippen LogP contribution in [-0.2, 0) is 19.2 Å². The maximum Gasteiger partial charge on any atom is 0.328 e. The van der Waals surface area contributed by atoms with Crippen molar-refractivity contribution in [3.8, 4) is 0 Å². The summed E-state index contributed by atoms with van der Waals surface area (Å²) >= 11 is 0. The molecule has 0 aromatic heterocycles. The number of carboxylic acid groups (broad SMARTS) is 1. The Labute approximate surface area is 171 Å². The number of nitrogens with one attached hydrogen (secondary N) is 3. The summed E-state index contributed by atoms with van der Waals surface area (Å²) in [5, 5.41) is 25.0. The molecular weight excluding hydrogens is 382 g/mol. The molecule has 0 aliphatic rings. The minimum absolute atomic E-state index is 0.206. The van der Waals surface area contributed by atoms with Gasteiger partial charge in [-0.2, -0.15) is 0 Å². The lowest BCUT2D eigenvalue weighted by Crippen LogP contribution is -2.56. The van der Waals surface area contributed by atoms with Crippen LogP contribution in [0.1, 0.15) is 46.5 Å². The van der Waals surface area contributed by atoms with E-state index in [0.29, 0.717) is 32.2 Å². The fourth-order valence-corrected chi connectivity index (χ4v) is 2.52. The number of hydrogen-bond donors (Lipinski definition) is 7. The minimum Gasteiger partial charge on any atom is -0.480 e. The van der Waals surface area contributed by atoms with Crippen molar-refractivity contribution in [1.82, 2.24) is 16.0 Å². The molecule has 3 amide bonds. The third kappa shape index (κ3) is 10.8. The Morgan fingerprint density at radius 3 is 1.97 bits per heavy atom. The zero-order chi connectivity index (χ0) is 22.6. The minimum atomic E-state index is -1.48. The average Bonchev–Trinajstić information content (AvgIpc) is 2.63. The Hall–Kier alpha value is -2.24. The second-order valence-electron chi connectivity index (χ2n) is 7.39. The highest BCUT2D eigenvalue weighted by Crippen LogP contribution is 2.06. The molecule has 0 aliphatic heterocycles. The van der Waals surface area contributed by atoms with E-state index < -0.39 is 54.5 Å². The van der Waals surface area contributed by atoms with Gasteiger partial charge in [0.2, 0.25) is 17.7 Å². The molecule has 0 bridgehead atoms. The van der Waals surface area contributed by atoms with Crippen molar-refractivity contribution in [1.29, 1.82) is 0 Å². The summed E-state index contributed by atoms with van der Waals surface area (Å²) < 4.78 is 0. The van der Waals surface area contributed by atoms with Gasteiger partial charge in [0.15, 0.2) is 0 Å². The number of aliphatic hydroxyl groups is 1. The molecule has 4 atom stereocenters. The van der Waals surface area contributed by atoms with E-state index in [1.165, 1.54) is 6.92 Å². The van der Waals surface area contributed by atoms with Gasteiger partial charge in [0, 0.05) is 0 Å². The second kappa shape index (κ2) is 13.9. The highest BCUT2D eigenvalue weighted by Gasteiger charge is 2.28. The molecule has 0 aromatic carbocycles. The Balaban J connectivity index is 4.98. The molecule has 9 N–H and O–H groups in total. The molecule has 0 saturated carbocycles. The van der Waals surface area contributed by atoms with Crippen LogP contribution in [0.4, 0.5) is 0 Å². The van der Waals surface area contributed by atoms with Crippen LogP contribution in [0.5, 0.6) is 0 Å². The average molecular weight is 418 g/mol. The van der Waals surface area contributed by atoms with E-state index >= 15 is 0 Å². The van der Waals surface area contributed by atoms with E-state index in [2.05, 4.69) is 16.0 Å². The van der Waals surface area contributed by atoms with Crippen LogP contribution in [-0.4, -0.2) is 71.2 Å². The summed E-state index contributed by atoms with van der Waals surface area (Å²) in [7, 11) is 0. The standard InChI is InChI=1S/C18H35N5O6/c1-10(2)8-12(20)16(26)22-13(6-4-5-7-19)17(27)21-11(3)15(25)23-14(9-24)18(28)29/h10-14,24H,4-9,19-20H2,1-3H3,(H,21,27)(H,22,26)(H,23,25)(H,28,29). The highest BCUT2D eigenvalue weighted by molar-refractivity contribution is 5.93. The first-order valence-corrected chi connectivity index (χ1v) is 9.73. The molecule has 0 spiro atoms. The lowest BCUT2D eigenvalue weighted by molar-refractivity contribution is -0.143. The van der Waals surface area contributed by atoms with E-state index in [0.717, 1.165) is 0 Å². The third-order valence-corrected chi connectivity index (χ3v) is 4.19. The summed E-state index contributed by atoms with van der Waals surface area (Å²) in [6, 6.07) is -4.22. The number of hydrogen-bond acceptors (Lipinski definition) is 7. The van der Waals surface area contributed by atoms with E-state index in [1.807, 2.05) is 13.8 Å². The lowest BCUT2D eigenvalue weighted by atomic mass is 10.0. The fraction of sp³-hybridized carbons (Fsp3) is 0.778. The van der Waals surface area contributed by atoms with Gasteiger partial charge in [0.1, 0.15) is 18.1 Å². The number of unbranched alkanes of at least 4 members (excludes halogenated alkanes) is 1. The molecule has 0 aliphatic carbocycles. The van der Waals surface area contributed by atoms with Gasteiger partial charge in [-0.3, -0.25) is 14.4 Å². The summed E-state index contributed by atoms with van der Waals surface area (Å²) in [6.07, 6.45) is 2.01. The van der Waals surface area contributed by atoms with Crippen molar-refractivity contribution in [3.63, 3.8) is 0 Å². The molecule has 4 unspecified atom stereocenters. The predicted molar refractivity (Wildman–Crippen MR) is 107 cm³/mol. The zero-order valence-corrected chi connectivity index (χ0v) is 17.3. The summed E-state index contributed by atoms with van der Waals surface area (Å²) in [5.74, 6) is -3.02. The maximum absolute atomic E-state index is 12.6. The van der Waals surface area contributed by atoms with Gasteiger partial charge in [-0.1, -0.05) is 13.8 Å². The normalized spacial score (nSPS) is 15.1. The molecule has 11 nitrogen and oxygen atoms in total. The first-order valence-electron chi connectivity index (χ1n) is 9.73. The monoisotopic (exact) mass is 417 g/mol. The molecule has 0 aromatic rings. The van der Waals surface area contributed by atoms with Crippen LogP contribution in [0.2, 0.25) is 0 Å². The molecule has 168 valence electrons. The van der Waals surface area contributed by atoms with Crippen LogP contribution in [0, 0.1) is 5.92 Å². The van der Waals surface area contributed by atoms with Crippen molar-refractivity contribution in [2.45, 2.75) is 70.6 Å². The first-order chi connectivity index (χ1) is 13.5. The SMILES string of the molecule is CC(C)CC(N)C(=O)NC(CCCCN)C(=O)NC(C)C(=O)NC(CO)C(=O)O. The Morgan fingerprint density at radius 1 is 0.897 bits per heavy atom. The predicted octanol–water partition coefficient (Wildman–Crippen LogP) is -1.96. The van der Waals surface area contributed by atoms with E-state index in [9.17, 15) is 19.2 Å². The van der Waals surface area contributed by atoms with E-state index in [4.69, 9.17) is 21.7 Å². The van der Waals surface area contributed by atoms with Crippen LogP contribution < -0.4 is 27.4 Å². The van der Waals surface area contributed by atoms with Crippen molar-refractivity contribution in [2.75, 3.05) is 13.2 Å². The number of carbonyl (C=O) groups is 4. The van der Waals surface area contributed by atoms with Gasteiger partial charge >= 0.3 is 5.97 Å². The largest absolute Gasteiger partial charge is 0.480 e. The molecule has 0 radical (unpaired) electrons. The van der Waals surface area contributed by atoms with Gasteiger partial charge < -0.3 is 37.6 Å². The Kier molecular flexibility index (Phi) is 12.8. The van der Waals surface area contributed by atoms with Crippen LogP contribution >= 0.6 is 0 Å². The van der Waals surface area contributed by atoms with Gasteiger partial charge in [0.25, 0.3) is 0 Å².